The summed E-state index contributed by atoms with van der Waals surface area (Å²) in [5, 5.41) is 27.6. The Morgan fingerprint density at radius 2 is 1.54 bits per heavy atom. The number of hydrogen-bond donors (Lipinski definition) is 2. The second-order valence-electron chi connectivity index (χ2n) is 5.37. The van der Waals surface area contributed by atoms with E-state index in [-0.39, 0.29) is 22.5 Å². The van der Waals surface area contributed by atoms with Crippen molar-refractivity contribution in [2.24, 2.45) is 0 Å². The average Bonchev–Trinajstić information content (AvgIpc) is 2.67. The van der Waals surface area contributed by atoms with E-state index in [0.717, 1.165) is 11.1 Å². The van der Waals surface area contributed by atoms with Crippen molar-refractivity contribution in [3.8, 4) is 40.5 Å². The Kier molecular flexibility index (Phi) is 4.18. The maximum absolute atomic E-state index is 12.0. The minimum absolute atomic E-state index is 0.0436. The number of pyridine rings is 2. The Morgan fingerprint density at radius 1 is 0.885 bits per heavy atom. The number of nitrogens with zero attached hydrogens (tertiary/aromatic N) is 4. The van der Waals surface area contributed by atoms with Crippen LogP contribution < -0.4 is 11.3 Å². The number of nitriles is 3. The highest BCUT2D eigenvalue weighted by molar-refractivity contribution is 5.81. The van der Waals surface area contributed by atoms with Gasteiger partial charge in [0.25, 0.3) is 5.56 Å². The molecule has 0 spiro atoms. The zero-order chi connectivity index (χ0) is 18.7. The van der Waals surface area contributed by atoms with Gasteiger partial charge in [0.05, 0.1) is 5.56 Å². The van der Waals surface area contributed by atoms with Crippen LogP contribution in [0.25, 0.3) is 22.3 Å². The molecule has 0 amide bonds. The molecular formula is C19H10N6O. The third-order valence-electron chi connectivity index (χ3n) is 3.84. The number of hydrogen-bond acceptors (Lipinski definition) is 6. The summed E-state index contributed by atoms with van der Waals surface area (Å²) in [6.45, 7) is 0. The van der Waals surface area contributed by atoms with Crippen LogP contribution >= 0.6 is 0 Å². The summed E-state index contributed by atoms with van der Waals surface area (Å²) in [7, 11) is 0. The second-order valence-corrected chi connectivity index (χ2v) is 5.37. The molecule has 3 N–H and O–H groups in total. The summed E-state index contributed by atoms with van der Waals surface area (Å²) in [5.41, 5.74) is 7.66. The first-order valence-electron chi connectivity index (χ1n) is 7.41. The predicted molar refractivity (Wildman–Crippen MR) is 94.3 cm³/mol. The molecule has 0 aliphatic rings. The molecule has 0 saturated heterocycles. The third-order valence-corrected chi connectivity index (χ3v) is 3.84. The lowest BCUT2D eigenvalue weighted by Crippen LogP contribution is -2.16. The van der Waals surface area contributed by atoms with Gasteiger partial charge in [-0.25, -0.2) is 0 Å². The summed E-state index contributed by atoms with van der Waals surface area (Å²) in [5.74, 6) is -0.0819. The van der Waals surface area contributed by atoms with E-state index in [0.29, 0.717) is 11.1 Å². The van der Waals surface area contributed by atoms with Gasteiger partial charge in [-0.05, 0) is 17.2 Å². The molecule has 1 aromatic carbocycles. The topological polar surface area (TPSA) is 143 Å². The zero-order valence-corrected chi connectivity index (χ0v) is 13.3. The molecule has 0 unspecified atom stereocenters. The number of nitrogen functional groups attached to an aromatic ring is 1. The van der Waals surface area contributed by atoms with Crippen molar-refractivity contribution in [1.29, 1.82) is 15.8 Å². The lowest BCUT2D eigenvalue weighted by Gasteiger charge is -2.09. The first kappa shape index (κ1) is 16.4. The molecule has 26 heavy (non-hydrogen) atoms. The van der Waals surface area contributed by atoms with Crippen molar-refractivity contribution >= 4 is 5.82 Å². The minimum atomic E-state index is -0.644. The molecule has 3 aromatic rings. The zero-order valence-electron chi connectivity index (χ0n) is 13.3. The quantitative estimate of drug-likeness (QED) is 0.733. The molecule has 0 aliphatic carbocycles. The van der Waals surface area contributed by atoms with Crippen molar-refractivity contribution in [3.05, 3.63) is 69.8 Å². The number of benzene rings is 1. The number of aromatic nitrogens is 2. The highest BCUT2D eigenvalue weighted by atomic mass is 16.1. The maximum atomic E-state index is 12.0. The number of anilines is 1. The van der Waals surface area contributed by atoms with E-state index in [1.54, 1.807) is 36.5 Å². The Balaban J connectivity index is 2.16. The lowest BCUT2D eigenvalue weighted by atomic mass is 9.95. The molecule has 2 aromatic heterocycles. The van der Waals surface area contributed by atoms with Crippen LogP contribution in [0.1, 0.15) is 16.7 Å². The van der Waals surface area contributed by atoms with E-state index in [2.05, 4.69) is 9.97 Å². The smallest absolute Gasteiger partial charge is 0.268 e. The molecule has 0 atom stereocenters. The van der Waals surface area contributed by atoms with Crippen molar-refractivity contribution < 1.29 is 0 Å². The van der Waals surface area contributed by atoms with Gasteiger partial charge in [0.15, 0.2) is 0 Å². The summed E-state index contributed by atoms with van der Waals surface area (Å²) in [4.78, 5) is 18.3. The molecule has 0 aliphatic heterocycles. The molecule has 0 saturated carbocycles. The highest BCUT2D eigenvalue weighted by Crippen LogP contribution is 2.30. The molecule has 7 heteroatoms. The maximum Gasteiger partial charge on any atom is 0.268 e. The van der Waals surface area contributed by atoms with E-state index >= 15 is 0 Å². The fourth-order valence-corrected chi connectivity index (χ4v) is 2.62. The van der Waals surface area contributed by atoms with Gasteiger partial charge in [-0.2, -0.15) is 15.8 Å². The first-order valence-corrected chi connectivity index (χ1v) is 7.41. The highest BCUT2D eigenvalue weighted by Gasteiger charge is 2.18. The van der Waals surface area contributed by atoms with Crippen LogP contribution in [-0.2, 0) is 0 Å². The lowest BCUT2D eigenvalue weighted by molar-refractivity contribution is 1.21. The molecule has 2 heterocycles. The van der Waals surface area contributed by atoms with Crippen molar-refractivity contribution in [3.63, 3.8) is 0 Å². The Labute approximate surface area is 148 Å². The van der Waals surface area contributed by atoms with Crippen molar-refractivity contribution in [2.75, 3.05) is 5.73 Å². The van der Waals surface area contributed by atoms with E-state index in [4.69, 9.17) is 11.0 Å². The standard InChI is InChI=1S/C19H10N6O/c20-6-11-5-14(10-24-9-11)12-1-3-13(4-2-12)17-15(7-21)18(23)25-19(26)16(17)8-22/h1-5,9-10H,(H3,23,25,26). The average molecular weight is 338 g/mol. The molecule has 0 radical (unpaired) electrons. The van der Waals surface area contributed by atoms with Crippen molar-refractivity contribution in [1.82, 2.24) is 9.97 Å². The number of nitrogens with one attached hydrogen (secondary N) is 1. The van der Waals surface area contributed by atoms with Gasteiger partial charge >= 0.3 is 0 Å². The fourth-order valence-electron chi connectivity index (χ4n) is 2.62. The van der Waals surface area contributed by atoms with Crippen molar-refractivity contribution in [2.45, 2.75) is 0 Å². The fraction of sp³-hybridized carbons (Fsp3) is 0. The van der Waals surface area contributed by atoms with Gasteiger partial charge in [0, 0.05) is 23.5 Å². The number of rotatable bonds is 2. The number of nitrogens with two attached hydrogens (primary N) is 1. The third kappa shape index (κ3) is 2.75. The van der Waals surface area contributed by atoms with E-state index in [9.17, 15) is 15.3 Å². The van der Waals surface area contributed by atoms with Gasteiger partial charge in [-0.1, -0.05) is 24.3 Å². The van der Waals surface area contributed by atoms with E-state index in [1.807, 2.05) is 18.2 Å². The molecule has 122 valence electrons. The largest absolute Gasteiger partial charge is 0.384 e. The van der Waals surface area contributed by atoms with Gasteiger partial charge in [0.2, 0.25) is 0 Å². The Hall–Kier alpha value is -4.41. The second kappa shape index (κ2) is 6.60. The van der Waals surface area contributed by atoms with Gasteiger partial charge in [0.1, 0.15) is 35.2 Å². The Morgan fingerprint density at radius 3 is 2.15 bits per heavy atom. The van der Waals surface area contributed by atoms with Gasteiger partial charge in [-0.3, -0.25) is 9.78 Å². The Bertz CT molecular complexity index is 1190. The summed E-state index contributed by atoms with van der Waals surface area (Å²) < 4.78 is 0. The minimum Gasteiger partial charge on any atom is -0.384 e. The van der Waals surface area contributed by atoms with Crippen LogP contribution in [0.4, 0.5) is 5.82 Å². The monoisotopic (exact) mass is 338 g/mol. The number of aromatic amines is 1. The van der Waals surface area contributed by atoms with E-state index < -0.39 is 5.56 Å². The van der Waals surface area contributed by atoms with Crippen LogP contribution in [0, 0.1) is 34.0 Å². The van der Waals surface area contributed by atoms with Gasteiger partial charge < -0.3 is 10.7 Å². The molecule has 0 fully saturated rings. The SMILES string of the molecule is N#Cc1cncc(-c2ccc(-c3c(C#N)c(N)[nH]c(=O)c3C#N)cc2)c1. The van der Waals surface area contributed by atoms with Crippen LogP contribution in [0.3, 0.4) is 0 Å². The summed E-state index contributed by atoms with van der Waals surface area (Å²) >= 11 is 0. The molecule has 3 rings (SSSR count). The summed E-state index contributed by atoms with van der Waals surface area (Å²) in [6, 6.07) is 14.4. The van der Waals surface area contributed by atoms with Crippen LogP contribution in [0.2, 0.25) is 0 Å². The number of H-pyrrole nitrogens is 1. The molecule has 0 bridgehead atoms. The molecule has 7 nitrogen and oxygen atoms in total. The van der Waals surface area contributed by atoms with Gasteiger partial charge in [-0.15, -0.1) is 0 Å². The summed E-state index contributed by atoms with van der Waals surface area (Å²) in [6.07, 6.45) is 3.09. The van der Waals surface area contributed by atoms with Crippen LogP contribution in [0.15, 0.2) is 47.5 Å². The normalized spacial score (nSPS) is 9.73. The predicted octanol–water partition coefficient (Wildman–Crippen LogP) is 2.30. The first-order chi connectivity index (χ1) is 12.6. The van der Waals surface area contributed by atoms with Crippen LogP contribution in [-0.4, -0.2) is 9.97 Å². The van der Waals surface area contributed by atoms with Crippen LogP contribution in [0.5, 0.6) is 0 Å². The van der Waals surface area contributed by atoms with E-state index in [1.165, 1.54) is 6.20 Å². The molecular weight excluding hydrogens is 328 g/mol.